The Hall–Kier alpha value is -1.85. The number of benzene rings is 1. The number of carbonyl (C=O) groups is 2. The maximum atomic E-state index is 12.1. The van der Waals surface area contributed by atoms with E-state index in [-0.39, 0.29) is 24.2 Å². The first-order chi connectivity index (χ1) is 8.29. The van der Waals surface area contributed by atoms with E-state index in [0.717, 1.165) is 6.07 Å². The number of ether oxygens (including phenoxy) is 1. The van der Waals surface area contributed by atoms with Crippen LogP contribution in [0.5, 0.6) is 5.75 Å². The highest BCUT2D eigenvalue weighted by Gasteiger charge is 2.32. The molecule has 0 heterocycles. The summed E-state index contributed by atoms with van der Waals surface area (Å²) in [5.74, 6) is -1.29. The molecule has 0 atom stereocenters. The Balaban J connectivity index is 2.88. The lowest BCUT2D eigenvalue weighted by Gasteiger charge is -2.12. The number of hydrogen-bond acceptors (Lipinski definition) is 3. The molecule has 1 rings (SSSR count). The van der Waals surface area contributed by atoms with Gasteiger partial charge in [-0.05, 0) is 19.1 Å². The van der Waals surface area contributed by atoms with Gasteiger partial charge in [-0.2, -0.15) is 0 Å². The quantitative estimate of drug-likeness (QED) is 0.764. The fourth-order valence-electron chi connectivity index (χ4n) is 1.33. The first-order valence-electron chi connectivity index (χ1n) is 5.17. The summed E-state index contributed by atoms with van der Waals surface area (Å²) in [5.41, 5.74) is -0.170. The lowest BCUT2D eigenvalue weighted by Crippen LogP contribution is -2.19. The average molecular weight is 260 g/mol. The van der Waals surface area contributed by atoms with E-state index in [1.807, 2.05) is 0 Å². The zero-order chi connectivity index (χ0) is 13.8. The maximum Gasteiger partial charge on any atom is 0.573 e. The molecule has 0 aromatic heterocycles. The van der Waals surface area contributed by atoms with Gasteiger partial charge in [0.15, 0.2) is 5.78 Å². The molecule has 0 aliphatic rings. The van der Waals surface area contributed by atoms with Crippen LogP contribution in [0.2, 0.25) is 0 Å². The summed E-state index contributed by atoms with van der Waals surface area (Å²) >= 11 is 0. The molecule has 98 valence electrons. The van der Waals surface area contributed by atoms with Gasteiger partial charge in [0.05, 0.1) is 5.56 Å². The molecule has 0 fully saturated rings. The van der Waals surface area contributed by atoms with Crippen LogP contribution in [0.15, 0.2) is 24.3 Å². The summed E-state index contributed by atoms with van der Waals surface area (Å²) in [6.45, 7) is 1.31. The summed E-state index contributed by atoms with van der Waals surface area (Å²) in [7, 11) is 0. The fraction of sp³-hybridized carbons (Fsp3) is 0.333. The number of Topliss-reactive ketones (excluding diaryl/α,β-unsaturated/α-hetero) is 2. The number of alkyl halides is 3. The first kappa shape index (κ1) is 14.2. The van der Waals surface area contributed by atoms with Crippen molar-refractivity contribution in [1.82, 2.24) is 0 Å². The molecule has 0 unspecified atom stereocenters. The van der Waals surface area contributed by atoms with Gasteiger partial charge in [-0.25, -0.2) is 0 Å². The van der Waals surface area contributed by atoms with Gasteiger partial charge in [-0.15, -0.1) is 13.2 Å². The Morgan fingerprint density at radius 1 is 1.17 bits per heavy atom. The second-order valence-corrected chi connectivity index (χ2v) is 3.67. The fourth-order valence-corrected chi connectivity index (χ4v) is 1.33. The Kier molecular flexibility index (Phi) is 4.47. The average Bonchev–Trinajstić information content (AvgIpc) is 2.24. The van der Waals surface area contributed by atoms with Crippen molar-refractivity contribution in [1.29, 1.82) is 0 Å². The Morgan fingerprint density at radius 2 is 1.78 bits per heavy atom. The smallest absolute Gasteiger partial charge is 0.405 e. The minimum Gasteiger partial charge on any atom is -0.405 e. The summed E-state index contributed by atoms with van der Waals surface area (Å²) in [4.78, 5) is 22.4. The highest BCUT2D eigenvalue weighted by molar-refractivity contribution is 6.00. The van der Waals surface area contributed by atoms with Crippen molar-refractivity contribution in [3.8, 4) is 5.75 Å². The molecule has 1 aromatic rings. The topological polar surface area (TPSA) is 43.4 Å². The third kappa shape index (κ3) is 4.57. The number of hydrogen-bond donors (Lipinski definition) is 0. The van der Waals surface area contributed by atoms with Crippen LogP contribution >= 0.6 is 0 Å². The van der Waals surface area contributed by atoms with Crippen LogP contribution < -0.4 is 4.74 Å². The van der Waals surface area contributed by atoms with E-state index in [4.69, 9.17) is 0 Å². The van der Waals surface area contributed by atoms with Gasteiger partial charge >= 0.3 is 6.36 Å². The van der Waals surface area contributed by atoms with E-state index >= 15 is 0 Å². The molecular weight excluding hydrogens is 249 g/mol. The van der Waals surface area contributed by atoms with Crippen LogP contribution in [-0.4, -0.2) is 17.9 Å². The highest BCUT2D eigenvalue weighted by atomic mass is 19.4. The monoisotopic (exact) mass is 260 g/mol. The van der Waals surface area contributed by atoms with Crippen molar-refractivity contribution in [3.63, 3.8) is 0 Å². The van der Waals surface area contributed by atoms with Gasteiger partial charge in [0.25, 0.3) is 0 Å². The molecule has 3 nitrogen and oxygen atoms in total. The molecule has 0 amide bonds. The van der Waals surface area contributed by atoms with Crippen molar-refractivity contribution in [2.75, 3.05) is 0 Å². The van der Waals surface area contributed by atoms with E-state index in [1.165, 1.54) is 25.1 Å². The molecule has 0 bridgehead atoms. The van der Waals surface area contributed by atoms with Gasteiger partial charge in [0.2, 0.25) is 0 Å². The Bertz CT molecular complexity index is 452. The van der Waals surface area contributed by atoms with Crippen LogP contribution in [0.1, 0.15) is 30.1 Å². The van der Waals surface area contributed by atoms with E-state index in [1.54, 1.807) is 0 Å². The van der Waals surface area contributed by atoms with Crippen LogP contribution in [0.25, 0.3) is 0 Å². The predicted molar refractivity (Wildman–Crippen MR) is 57.4 cm³/mol. The molecule has 0 saturated carbocycles. The third-order valence-electron chi connectivity index (χ3n) is 2.12. The molecule has 18 heavy (non-hydrogen) atoms. The molecule has 0 N–H and O–H groups in total. The lowest BCUT2D eigenvalue weighted by molar-refractivity contribution is -0.274. The number of para-hydroxylation sites is 1. The van der Waals surface area contributed by atoms with Crippen LogP contribution in [0.3, 0.4) is 0 Å². The van der Waals surface area contributed by atoms with E-state index < -0.39 is 17.9 Å². The van der Waals surface area contributed by atoms with Crippen molar-refractivity contribution in [3.05, 3.63) is 29.8 Å². The summed E-state index contributed by atoms with van der Waals surface area (Å²) in [5, 5.41) is 0. The van der Waals surface area contributed by atoms with Crippen molar-refractivity contribution in [2.24, 2.45) is 0 Å². The molecule has 0 aliphatic heterocycles. The van der Waals surface area contributed by atoms with Gasteiger partial charge in [0.1, 0.15) is 11.5 Å². The molecule has 0 spiro atoms. The van der Waals surface area contributed by atoms with Crippen molar-refractivity contribution >= 4 is 11.6 Å². The number of ketones is 2. The molecule has 1 aromatic carbocycles. The van der Waals surface area contributed by atoms with E-state index in [2.05, 4.69) is 4.74 Å². The second kappa shape index (κ2) is 5.66. The minimum atomic E-state index is -4.85. The van der Waals surface area contributed by atoms with Gasteiger partial charge in [-0.1, -0.05) is 12.1 Å². The standard InChI is InChI=1S/C12H11F3O3/c1-8(16)6-7-10(17)9-4-2-3-5-11(9)18-12(13,14)15/h2-5H,6-7H2,1H3. The van der Waals surface area contributed by atoms with Gasteiger partial charge < -0.3 is 9.53 Å². The van der Waals surface area contributed by atoms with Crippen LogP contribution in [-0.2, 0) is 4.79 Å². The van der Waals surface area contributed by atoms with Crippen LogP contribution in [0.4, 0.5) is 13.2 Å². The molecule has 0 aliphatic carbocycles. The Labute approximate surface area is 102 Å². The number of halogens is 3. The molecule has 0 saturated heterocycles. The normalized spacial score (nSPS) is 11.1. The van der Waals surface area contributed by atoms with Gasteiger partial charge in [0, 0.05) is 12.8 Å². The maximum absolute atomic E-state index is 12.1. The first-order valence-corrected chi connectivity index (χ1v) is 5.17. The van der Waals surface area contributed by atoms with E-state index in [9.17, 15) is 22.8 Å². The Morgan fingerprint density at radius 3 is 2.33 bits per heavy atom. The van der Waals surface area contributed by atoms with Crippen LogP contribution in [0, 0.1) is 0 Å². The van der Waals surface area contributed by atoms with Crippen molar-refractivity contribution in [2.45, 2.75) is 26.1 Å². The molecule has 6 heteroatoms. The predicted octanol–water partition coefficient (Wildman–Crippen LogP) is 3.14. The SMILES string of the molecule is CC(=O)CCC(=O)c1ccccc1OC(F)(F)F. The summed E-state index contributed by atoms with van der Waals surface area (Å²) in [6.07, 6.45) is -4.98. The number of carbonyl (C=O) groups excluding carboxylic acids is 2. The zero-order valence-electron chi connectivity index (χ0n) is 9.58. The highest BCUT2D eigenvalue weighted by Crippen LogP contribution is 2.27. The molecule has 0 radical (unpaired) electrons. The summed E-state index contributed by atoms with van der Waals surface area (Å²) < 4.78 is 40.1. The van der Waals surface area contributed by atoms with Gasteiger partial charge in [-0.3, -0.25) is 4.79 Å². The molecular formula is C12H11F3O3. The van der Waals surface area contributed by atoms with E-state index in [0.29, 0.717) is 0 Å². The van der Waals surface area contributed by atoms with Crippen molar-refractivity contribution < 1.29 is 27.5 Å². The largest absolute Gasteiger partial charge is 0.573 e. The minimum absolute atomic E-state index is 0.000808. The lowest BCUT2D eigenvalue weighted by atomic mass is 10.0. The summed E-state index contributed by atoms with van der Waals surface area (Å²) in [6, 6.07) is 5.07. The zero-order valence-corrected chi connectivity index (χ0v) is 9.58. The second-order valence-electron chi connectivity index (χ2n) is 3.67. The number of rotatable bonds is 5. The third-order valence-corrected chi connectivity index (χ3v) is 2.12.